The quantitative estimate of drug-likeness (QED) is 0.484. The number of rotatable bonds is 5. The highest BCUT2D eigenvalue weighted by Crippen LogP contribution is 2.31. The summed E-state index contributed by atoms with van der Waals surface area (Å²) in [4.78, 5) is 28.6. The standard InChI is InChI=1S/C23H24FN7O2/c1-13-10-31-12-15(8-17(24)22(31)27-13)28-23(32)16-4-5-18(30-7-6-14(11-30)25-2)21-20(16)26-9-19(29-21)33-3/h4-5,8-10,12,14,25H,6-7,11H2,1-3H3,(H,28,32)/t14-/m0/s1. The SMILES string of the molecule is CN[C@H]1CCN(c2ccc(C(=O)Nc3cc(F)c4nc(C)cn4c3)c3ncc(OC)nc23)C1. The summed E-state index contributed by atoms with van der Waals surface area (Å²) in [5.74, 6) is -0.552. The molecule has 1 aliphatic heterocycles. The number of hydrogen-bond donors (Lipinski definition) is 2. The van der Waals surface area contributed by atoms with Crippen molar-refractivity contribution >= 4 is 34.0 Å². The van der Waals surface area contributed by atoms with E-state index in [0.29, 0.717) is 39.9 Å². The molecule has 0 unspecified atom stereocenters. The summed E-state index contributed by atoms with van der Waals surface area (Å²) in [5.41, 5.74) is 3.50. The highest BCUT2D eigenvalue weighted by molar-refractivity contribution is 6.13. The Morgan fingerprint density at radius 1 is 1.24 bits per heavy atom. The van der Waals surface area contributed by atoms with Crippen LogP contribution in [0.1, 0.15) is 22.5 Å². The molecule has 1 fully saturated rings. The third-order valence-corrected chi connectivity index (χ3v) is 5.93. The zero-order valence-corrected chi connectivity index (χ0v) is 18.6. The lowest BCUT2D eigenvalue weighted by molar-refractivity contribution is 0.102. The van der Waals surface area contributed by atoms with Gasteiger partial charge in [0, 0.05) is 37.6 Å². The fourth-order valence-electron chi connectivity index (χ4n) is 4.27. The molecule has 0 spiro atoms. The number of benzene rings is 1. The fourth-order valence-corrected chi connectivity index (χ4v) is 4.27. The number of pyridine rings is 1. The van der Waals surface area contributed by atoms with Gasteiger partial charge in [0.2, 0.25) is 5.88 Å². The number of carbonyl (C=O) groups excluding carboxylic acids is 1. The Morgan fingerprint density at radius 2 is 2.09 bits per heavy atom. The van der Waals surface area contributed by atoms with Crippen molar-refractivity contribution in [3.63, 3.8) is 0 Å². The van der Waals surface area contributed by atoms with E-state index >= 15 is 0 Å². The van der Waals surface area contributed by atoms with Crippen molar-refractivity contribution in [1.82, 2.24) is 24.7 Å². The largest absolute Gasteiger partial charge is 0.480 e. The van der Waals surface area contributed by atoms with Gasteiger partial charge in [0.15, 0.2) is 11.5 Å². The third kappa shape index (κ3) is 3.82. The normalized spacial score (nSPS) is 16.0. The van der Waals surface area contributed by atoms with E-state index in [1.807, 2.05) is 13.1 Å². The molecule has 170 valence electrons. The molecule has 0 bridgehead atoms. The van der Waals surface area contributed by atoms with Gasteiger partial charge in [-0.3, -0.25) is 4.79 Å². The minimum atomic E-state index is -0.515. The molecule has 1 aliphatic rings. The molecule has 4 aromatic rings. The van der Waals surface area contributed by atoms with E-state index < -0.39 is 11.7 Å². The first-order valence-electron chi connectivity index (χ1n) is 10.7. The Balaban J connectivity index is 1.53. The van der Waals surface area contributed by atoms with Crippen LogP contribution < -0.4 is 20.3 Å². The van der Waals surface area contributed by atoms with Crippen molar-refractivity contribution in [2.24, 2.45) is 0 Å². The van der Waals surface area contributed by atoms with Gasteiger partial charge in [-0.25, -0.2) is 19.3 Å². The molecule has 1 aromatic carbocycles. The second-order valence-corrected chi connectivity index (χ2v) is 8.11. The van der Waals surface area contributed by atoms with Crippen LogP contribution in [0.3, 0.4) is 0 Å². The first-order chi connectivity index (χ1) is 16.0. The first-order valence-corrected chi connectivity index (χ1v) is 10.7. The maximum atomic E-state index is 14.5. The maximum Gasteiger partial charge on any atom is 0.257 e. The van der Waals surface area contributed by atoms with E-state index in [0.717, 1.165) is 25.2 Å². The number of hydrogen-bond acceptors (Lipinski definition) is 7. The van der Waals surface area contributed by atoms with Gasteiger partial charge in [0.1, 0.15) is 11.0 Å². The van der Waals surface area contributed by atoms with Crippen LogP contribution in [0.15, 0.2) is 36.8 Å². The van der Waals surface area contributed by atoms with Crippen LogP contribution in [0.4, 0.5) is 15.8 Å². The van der Waals surface area contributed by atoms with E-state index in [2.05, 4.69) is 30.5 Å². The molecule has 9 nitrogen and oxygen atoms in total. The predicted octanol–water partition coefficient (Wildman–Crippen LogP) is 2.78. The Bertz CT molecular complexity index is 1370. The fraction of sp³-hybridized carbons (Fsp3) is 0.304. The zero-order chi connectivity index (χ0) is 23.1. The van der Waals surface area contributed by atoms with Crippen molar-refractivity contribution in [3.8, 4) is 5.88 Å². The van der Waals surface area contributed by atoms with Crippen molar-refractivity contribution in [3.05, 3.63) is 53.9 Å². The van der Waals surface area contributed by atoms with E-state index in [-0.39, 0.29) is 5.65 Å². The lowest BCUT2D eigenvalue weighted by atomic mass is 10.1. The number of aryl methyl sites for hydroxylation is 1. The second-order valence-electron chi connectivity index (χ2n) is 8.11. The molecule has 33 heavy (non-hydrogen) atoms. The molecule has 1 saturated heterocycles. The van der Waals surface area contributed by atoms with Crippen LogP contribution in [0, 0.1) is 12.7 Å². The van der Waals surface area contributed by atoms with Crippen LogP contribution in [0.2, 0.25) is 0 Å². The molecule has 1 atom stereocenters. The summed E-state index contributed by atoms with van der Waals surface area (Å²) in [6, 6.07) is 5.26. The number of aromatic nitrogens is 4. The molecular weight excluding hydrogens is 425 g/mol. The minimum Gasteiger partial charge on any atom is -0.480 e. The van der Waals surface area contributed by atoms with E-state index in [1.54, 1.807) is 29.8 Å². The lowest BCUT2D eigenvalue weighted by Gasteiger charge is -2.21. The zero-order valence-electron chi connectivity index (χ0n) is 18.6. The molecule has 5 rings (SSSR count). The monoisotopic (exact) mass is 449 g/mol. The number of nitrogens with one attached hydrogen (secondary N) is 2. The molecule has 3 aromatic heterocycles. The molecule has 0 saturated carbocycles. The average molecular weight is 449 g/mol. The number of halogens is 1. The summed E-state index contributed by atoms with van der Waals surface area (Å²) >= 11 is 0. The highest BCUT2D eigenvalue weighted by atomic mass is 19.1. The van der Waals surface area contributed by atoms with Gasteiger partial charge in [-0.05, 0) is 32.5 Å². The molecular formula is C23H24FN7O2. The number of anilines is 2. The number of fused-ring (bicyclic) bond motifs is 2. The van der Waals surface area contributed by atoms with Gasteiger partial charge in [0.05, 0.1) is 35.9 Å². The number of ether oxygens (including phenoxy) is 1. The van der Waals surface area contributed by atoms with Crippen LogP contribution in [-0.4, -0.2) is 58.5 Å². The predicted molar refractivity (Wildman–Crippen MR) is 124 cm³/mol. The van der Waals surface area contributed by atoms with Crippen LogP contribution in [0.5, 0.6) is 5.88 Å². The maximum absolute atomic E-state index is 14.5. The first kappa shape index (κ1) is 21.1. The van der Waals surface area contributed by atoms with Gasteiger partial charge >= 0.3 is 0 Å². The van der Waals surface area contributed by atoms with Gasteiger partial charge in [-0.2, -0.15) is 0 Å². The number of amides is 1. The van der Waals surface area contributed by atoms with Gasteiger partial charge in [-0.1, -0.05) is 0 Å². The summed E-state index contributed by atoms with van der Waals surface area (Å²) < 4.78 is 21.3. The Labute approximate surface area is 189 Å². The van der Waals surface area contributed by atoms with Crippen LogP contribution in [0.25, 0.3) is 16.7 Å². The minimum absolute atomic E-state index is 0.212. The molecule has 0 radical (unpaired) electrons. The Hall–Kier alpha value is -3.79. The second kappa shape index (κ2) is 8.28. The number of nitrogens with zero attached hydrogens (tertiary/aromatic N) is 5. The summed E-state index contributed by atoms with van der Waals surface area (Å²) in [6.07, 6.45) is 5.83. The van der Waals surface area contributed by atoms with E-state index in [4.69, 9.17) is 4.74 Å². The molecule has 10 heteroatoms. The van der Waals surface area contributed by atoms with Crippen LogP contribution >= 0.6 is 0 Å². The topological polar surface area (TPSA) is 96.7 Å². The van der Waals surface area contributed by atoms with Crippen molar-refractivity contribution < 1.29 is 13.9 Å². The smallest absolute Gasteiger partial charge is 0.257 e. The van der Waals surface area contributed by atoms with Crippen molar-refractivity contribution in [1.29, 1.82) is 0 Å². The highest BCUT2D eigenvalue weighted by Gasteiger charge is 2.25. The summed E-state index contributed by atoms with van der Waals surface area (Å²) in [5, 5.41) is 6.08. The van der Waals surface area contributed by atoms with E-state index in [1.165, 1.54) is 19.4 Å². The van der Waals surface area contributed by atoms with E-state index in [9.17, 15) is 9.18 Å². The third-order valence-electron chi connectivity index (χ3n) is 5.93. The Morgan fingerprint density at radius 3 is 2.85 bits per heavy atom. The number of imidazole rings is 1. The van der Waals surface area contributed by atoms with Crippen molar-refractivity contribution in [2.45, 2.75) is 19.4 Å². The van der Waals surface area contributed by atoms with Gasteiger partial charge in [0.25, 0.3) is 5.91 Å². The molecule has 4 heterocycles. The lowest BCUT2D eigenvalue weighted by Crippen LogP contribution is -2.29. The average Bonchev–Trinajstić information content (AvgIpc) is 3.44. The van der Waals surface area contributed by atoms with Gasteiger partial charge < -0.3 is 24.7 Å². The van der Waals surface area contributed by atoms with Gasteiger partial charge in [-0.15, -0.1) is 0 Å². The van der Waals surface area contributed by atoms with Crippen LogP contribution in [-0.2, 0) is 0 Å². The summed E-state index contributed by atoms with van der Waals surface area (Å²) in [6.45, 7) is 3.48. The number of methoxy groups -OCH3 is 1. The number of carbonyl (C=O) groups is 1. The Kier molecular flexibility index (Phi) is 5.29. The summed E-state index contributed by atoms with van der Waals surface area (Å²) in [7, 11) is 3.48. The molecule has 0 aliphatic carbocycles. The molecule has 2 N–H and O–H groups in total. The number of likely N-dealkylation sites (N-methyl/N-ethyl adjacent to an activating group) is 1. The molecule has 1 amide bonds. The van der Waals surface area contributed by atoms with Crippen molar-refractivity contribution in [2.75, 3.05) is 37.5 Å².